The third-order valence-electron chi connectivity index (χ3n) is 4.48. The third kappa shape index (κ3) is 3.34. The first-order chi connectivity index (χ1) is 13.2. The van der Waals surface area contributed by atoms with Crippen molar-refractivity contribution in [1.29, 1.82) is 0 Å². The Balaban J connectivity index is 1.90. The molecule has 0 spiro atoms. The molecule has 0 saturated heterocycles. The van der Waals surface area contributed by atoms with Crippen molar-refractivity contribution in [2.45, 2.75) is 26.9 Å². The SMILES string of the molecule is CCn1c(=O)[nH]c2cc(C(=O)N(C)Cc3cc(C(=O)O)c(C)o3)ccc2c1=O. The van der Waals surface area contributed by atoms with Crippen molar-refractivity contribution in [2.75, 3.05) is 7.05 Å². The Hall–Kier alpha value is -3.62. The topological polar surface area (TPSA) is 126 Å². The maximum atomic E-state index is 12.7. The second-order valence-corrected chi connectivity index (χ2v) is 6.39. The van der Waals surface area contributed by atoms with Crippen molar-refractivity contribution in [2.24, 2.45) is 0 Å². The van der Waals surface area contributed by atoms with Gasteiger partial charge in [0, 0.05) is 19.2 Å². The lowest BCUT2D eigenvalue weighted by atomic mass is 10.1. The van der Waals surface area contributed by atoms with E-state index in [1.165, 1.54) is 36.1 Å². The summed E-state index contributed by atoms with van der Waals surface area (Å²) in [4.78, 5) is 52.1. The fourth-order valence-corrected chi connectivity index (χ4v) is 3.03. The summed E-state index contributed by atoms with van der Waals surface area (Å²) >= 11 is 0. The zero-order chi connectivity index (χ0) is 20.6. The van der Waals surface area contributed by atoms with E-state index in [-0.39, 0.29) is 41.4 Å². The molecule has 0 unspecified atom stereocenters. The van der Waals surface area contributed by atoms with Crippen LogP contribution in [0.15, 0.2) is 38.3 Å². The number of aromatic nitrogens is 2. The van der Waals surface area contributed by atoms with Gasteiger partial charge in [-0.3, -0.25) is 14.2 Å². The number of carbonyl (C=O) groups is 2. The lowest BCUT2D eigenvalue weighted by Crippen LogP contribution is -2.34. The number of aromatic amines is 1. The average Bonchev–Trinajstić information content (AvgIpc) is 3.01. The van der Waals surface area contributed by atoms with Crippen molar-refractivity contribution in [3.8, 4) is 0 Å². The molecule has 3 aromatic rings. The number of aromatic carboxylic acids is 1. The van der Waals surface area contributed by atoms with E-state index >= 15 is 0 Å². The van der Waals surface area contributed by atoms with Gasteiger partial charge in [-0.1, -0.05) is 0 Å². The number of aryl methyl sites for hydroxylation is 1. The number of H-pyrrole nitrogens is 1. The summed E-state index contributed by atoms with van der Waals surface area (Å²) in [5.41, 5.74) is -0.348. The van der Waals surface area contributed by atoms with Crippen LogP contribution in [0.5, 0.6) is 0 Å². The monoisotopic (exact) mass is 385 g/mol. The molecule has 146 valence electrons. The van der Waals surface area contributed by atoms with Crippen LogP contribution in [0.2, 0.25) is 0 Å². The van der Waals surface area contributed by atoms with E-state index in [9.17, 15) is 19.2 Å². The minimum absolute atomic E-state index is 0.0475. The highest BCUT2D eigenvalue weighted by Gasteiger charge is 2.18. The standard InChI is InChI=1S/C19H19N3O6/c1-4-22-17(24)13-6-5-11(7-15(13)20-19(22)27)16(23)21(3)9-12-8-14(18(25)26)10(2)28-12/h5-8H,4,9H2,1-3H3,(H,20,27)(H,25,26). The molecule has 0 radical (unpaired) electrons. The lowest BCUT2D eigenvalue weighted by molar-refractivity contribution is 0.0694. The predicted octanol–water partition coefficient (Wildman–Crippen LogP) is 1.58. The fourth-order valence-electron chi connectivity index (χ4n) is 3.03. The van der Waals surface area contributed by atoms with Gasteiger partial charge in [0.05, 0.1) is 17.4 Å². The van der Waals surface area contributed by atoms with Gasteiger partial charge >= 0.3 is 11.7 Å². The third-order valence-corrected chi connectivity index (χ3v) is 4.48. The number of nitrogens with one attached hydrogen (secondary N) is 1. The number of hydrogen-bond donors (Lipinski definition) is 2. The number of carbonyl (C=O) groups excluding carboxylic acids is 1. The summed E-state index contributed by atoms with van der Waals surface area (Å²) in [5, 5.41) is 9.40. The van der Waals surface area contributed by atoms with Crippen LogP contribution in [0.4, 0.5) is 0 Å². The van der Waals surface area contributed by atoms with Gasteiger partial charge in [-0.05, 0) is 38.1 Å². The van der Waals surface area contributed by atoms with Crippen LogP contribution in [-0.4, -0.2) is 38.5 Å². The Morgan fingerprint density at radius 3 is 2.57 bits per heavy atom. The molecule has 0 aliphatic rings. The van der Waals surface area contributed by atoms with Crippen LogP contribution < -0.4 is 11.2 Å². The van der Waals surface area contributed by atoms with Crippen molar-refractivity contribution in [3.63, 3.8) is 0 Å². The summed E-state index contributed by atoms with van der Waals surface area (Å²) in [6, 6.07) is 5.84. The molecule has 0 aliphatic heterocycles. The number of fused-ring (bicyclic) bond motifs is 1. The normalized spacial score (nSPS) is 11.0. The van der Waals surface area contributed by atoms with Gasteiger partial charge in [0.15, 0.2) is 0 Å². The summed E-state index contributed by atoms with van der Waals surface area (Å²) < 4.78 is 6.47. The van der Waals surface area contributed by atoms with Gasteiger partial charge < -0.3 is 19.4 Å². The smallest absolute Gasteiger partial charge is 0.339 e. The zero-order valence-corrected chi connectivity index (χ0v) is 15.6. The molecule has 3 rings (SSSR count). The highest BCUT2D eigenvalue weighted by molar-refractivity contribution is 5.97. The van der Waals surface area contributed by atoms with E-state index in [4.69, 9.17) is 9.52 Å². The van der Waals surface area contributed by atoms with Crippen molar-refractivity contribution < 1.29 is 19.1 Å². The van der Waals surface area contributed by atoms with E-state index in [0.29, 0.717) is 11.1 Å². The Morgan fingerprint density at radius 1 is 1.25 bits per heavy atom. The second kappa shape index (κ2) is 7.18. The largest absolute Gasteiger partial charge is 0.478 e. The fraction of sp³-hybridized carbons (Fsp3) is 0.263. The summed E-state index contributed by atoms with van der Waals surface area (Å²) in [6.07, 6.45) is 0. The maximum Gasteiger partial charge on any atom is 0.339 e. The number of rotatable bonds is 5. The lowest BCUT2D eigenvalue weighted by Gasteiger charge is -2.16. The van der Waals surface area contributed by atoms with Gasteiger partial charge in [0.25, 0.3) is 11.5 Å². The van der Waals surface area contributed by atoms with Crippen LogP contribution >= 0.6 is 0 Å². The molecule has 2 aromatic heterocycles. The zero-order valence-electron chi connectivity index (χ0n) is 15.6. The van der Waals surface area contributed by atoms with Gasteiger partial charge in [-0.25, -0.2) is 9.59 Å². The van der Waals surface area contributed by atoms with Crippen LogP contribution in [-0.2, 0) is 13.1 Å². The number of furan rings is 1. The number of amides is 1. The average molecular weight is 385 g/mol. The first-order valence-corrected chi connectivity index (χ1v) is 8.57. The van der Waals surface area contributed by atoms with E-state index in [1.54, 1.807) is 14.0 Å². The first-order valence-electron chi connectivity index (χ1n) is 8.57. The molecular weight excluding hydrogens is 366 g/mol. The van der Waals surface area contributed by atoms with Crippen LogP contribution in [0, 0.1) is 6.92 Å². The van der Waals surface area contributed by atoms with E-state index in [1.807, 2.05) is 0 Å². The molecule has 1 aromatic carbocycles. The second-order valence-electron chi connectivity index (χ2n) is 6.39. The molecule has 9 heteroatoms. The first kappa shape index (κ1) is 19.2. The van der Waals surface area contributed by atoms with Gasteiger partial charge in [-0.2, -0.15) is 0 Å². The van der Waals surface area contributed by atoms with Gasteiger partial charge in [0.2, 0.25) is 0 Å². The number of nitrogens with zero attached hydrogens (tertiary/aromatic N) is 2. The van der Waals surface area contributed by atoms with E-state index in [0.717, 1.165) is 4.57 Å². The summed E-state index contributed by atoms with van der Waals surface area (Å²) in [6.45, 7) is 3.55. The molecule has 0 bridgehead atoms. The van der Waals surface area contributed by atoms with Crippen molar-refractivity contribution in [1.82, 2.24) is 14.5 Å². The number of benzene rings is 1. The highest BCUT2D eigenvalue weighted by Crippen LogP contribution is 2.18. The van der Waals surface area contributed by atoms with Crippen molar-refractivity contribution >= 4 is 22.8 Å². The van der Waals surface area contributed by atoms with Gasteiger partial charge in [0.1, 0.15) is 17.1 Å². The Kier molecular flexibility index (Phi) is 4.91. The molecular formula is C19H19N3O6. The van der Waals surface area contributed by atoms with Crippen LogP contribution in [0.3, 0.4) is 0 Å². The van der Waals surface area contributed by atoms with Crippen molar-refractivity contribution in [3.05, 3.63) is 67.8 Å². The predicted molar refractivity (Wildman–Crippen MR) is 101 cm³/mol. The van der Waals surface area contributed by atoms with Crippen LogP contribution in [0.25, 0.3) is 10.9 Å². The Labute approximate surface area is 158 Å². The minimum atomic E-state index is -1.10. The number of carboxylic acids is 1. The number of carboxylic acid groups (broad SMARTS) is 1. The quantitative estimate of drug-likeness (QED) is 0.687. The van der Waals surface area contributed by atoms with E-state index in [2.05, 4.69) is 4.98 Å². The number of hydrogen-bond acceptors (Lipinski definition) is 5. The Morgan fingerprint density at radius 2 is 1.96 bits per heavy atom. The molecule has 0 atom stereocenters. The molecule has 2 heterocycles. The minimum Gasteiger partial charge on any atom is -0.478 e. The Bertz CT molecular complexity index is 1200. The molecule has 0 saturated carbocycles. The maximum absolute atomic E-state index is 12.7. The molecule has 0 fully saturated rings. The summed E-state index contributed by atoms with van der Waals surface area (Å²) in [5.74, 6) is -0.865. The highest BCUT2D eigenvalue weighted by atomic mass is 16.4. The molecule has 9 nitrogen and oxygen atoms in total. The molecule has 1 amide bonds. The molecule has 0 aliphatic carbocycles. The molecule has 2 N–H and O–H groups in total. The molecule has 28 heavy (non-hydrogen) atoms. The van der Waals surface area contributed by atoms with Gasteiger partial charge in [-0.15, -0.1) is 0 Å². The summed E-state index contributed by atoms with van der Waals surface area (Å²) in [7, 11) is 1.54. The van der Waals surface area contributed by atoms with Crippen LogP contribution in [0.1, 0.15) is 39.2 Å². The van der Waals surface area contributed by atoms with E-state index < -0.39 is 17.2 Å².